The van der Waals surface area contributed by atoms with E-state index in [-0.39, 0.29) is 6.10 Å². The van der Waals surface area contributed by atoms with Crippen LogP contribution in [0.15, 0.2) is 34.9 Å². The molecule has 3 nitrogen and oxygen atoms in total. The number of hydrogen-bond acceptors (Lipinski definition) is 3. The Hall–Kier alpha value is -1.32. The highest BCUT2D eigenvalue weighted by Gasteiger charge is 2.29. The number of rotatable bonds is 5. The highest BCUT2D eigenvalue weighted by atomic mass is 16.3. The third-order valence-corrected chi connectivity index (χ3v) is 3.40. The van der Waals surface area contributed by atoms with Gasteiger partial charge in [-0.2, -0.15) is 0 Å². The predicted octanol–water partition coefficient (Wildman–Crippen LogP) is 2.29. The van der Waals surface area contributed by atoms with Crippen LogP contribution in [0.3, 0.4) is 0 Å². The molecule has 1 fully saturated rings. The summed E-state index contributed by atoms with van der Waals surface area (Å²) >= 11 is 0. The Balaban J connectivity index is 1.60. The number of furan rings is 1. The van der Waals surface area contributed by atoms with Crippen LogP contribution >= 0.6 is 0 Å². The molecule has 17 heavy (non-hydrogen) atoms. The van der Waals surface area contributed by atoms with Crippen molar-refractivity contribution in [2.24, 2.45) is 5.92 Å². The minimum Gasteiger partial charge on any atom is -0.464 e. The van der Waals surface area contributed by atoms with Gasteiger partial charge >= 0.3 is 0 Å². The van der Waals surface area contributed by atoms with Crippen molar-refractivity contribution in [3.8, 4) is 0 Å². The topological polar surface area (TPSA) is 45.4 Å². The van der Waals surface area contributed by atoms with Crippen LogP contribution in [-0.4, -0.2) is 17.8 Å². The van der Waals surface area contributed by atoms with Crippen LogP contribution in [0.5, 0.6) is 0 Å². The zero-order valence-electron chi connectivity index (χ0n) is 9.73. The lowest BCUT2D eigenvalue weighted by Gasteiger charge is -2.09. The molecule has 90 valence electrons. The average molecular weight is 231 g/mol. The summed E-state index contributed by atoms with van der Waals surface area (Å²) in [6, 6.07) is 8.02. The molecule has 0 radical (unpaired) electrons. The molecular formula is C14H17NO2. The molecular weight excluding hydrogens is 214 g/mol. The number of aliphatic hydroxyl groups is 1. The number of para-hydroxylation sites is 1. The second-order valence-corrected chi connectivity index (χ2v) is 4.79. The normalized spacial score (nSPS) is 17.5. The van der Waals surface area contributed by atoms with Crippen molar-refractivity contribution in [2.45, 2.75) is 25.5 Å². The lowest BCUT2D eigenvalue weighted by atomic mass is 10.1. The first-order valence-corrected chi connectivity index (χ1v) is 6.18. The summed E-state index contributed by atoms with van der Waals surface area (Å²) in [7, 11) is 0. The molecule has 0 aliphatic heterocycles. The minimum atomic E-state index is -0.187. The van der Waals surface area contributed by atoms with E-state index in [0.717, 1.165) is 23.1 Å². The van der Waals surface area contributed by atoms with E-state index >= 15 is 0 Å². The molecule has 0 bridgehead atoms. The van der Waals surface area contributed by atoms with Gasteiger partial charge < -0.3 is 14.8 Å². The average Bonchev–Trinajstić information content (AvgIpc) is 3.12. The molecule has 2 N–H and O–H groups in total. The molecule has 1 saturated carbocycles. The van der Waals surface area contributed by atoms with E-state index in [4.69, 9.17) is 4.42 Å². The lowest BCUT2D eigenvalue weighted by molar-refractivity contribution is 0.148. The summed E-state index contributed by atoms with van der Waals surface area (Å²) in [6.45, 7) is 1.42. The van der Waals surface area contributed by atoms with Crippen LogP contribution in [0, 0.1) is 5.92 Å². The fourth-order valence-electron chi connectivity index (χ4n) is 2.17. The molecule has 0 saturated heterocycles. The summed E-state index contributed by atoms with van der Waals surface area (Å²) in [5.74, 6) is 0.531. The van der Waals surface area contributed by atoms with Crippen molar-refractivity contribution in [2.75, 3.05) is 6.54 Å². The number of hydrogen-bond donors (Lipinski definition) is 2. The molecule has 1 aromatic carbocycles. The van der Waals surface area contributed by atoms with Crippen LogP contribution in [0.2, 0.25) is 0 Å². The third-order valence-electron chi connectivity index (χ3n) is 3.40. The van der Waals surface area contributed by atoms with Gasteiger partial charge in [0.15, 0.2) is 0 Å². The molecule has 0 amide bonds. The fourth-order valence-corrected chi connectivity index (χ4v) is 2.17. The highest BCUT2D eigenvalue weighted by Crippen LogP contribution is 2.32. The van der Waals surface area contributed by atoms with Gasteiger partial charge in [0, 0.05) is 24.0 Å². The lowest BCUT2D eigenvalue weighted by Crippen LogP contribution is -2.27. The summed E-state index contributed by atoms with van der Waals surface area (Å²) in [6.07, 6.45) is 3.96. The molecule has 3 heteroatoms. The van der Waals surface area contributed by atoms with E-state index in [1.165, 1.54) is 12.8 Å². The van der Waals surface area contributed by atoms with Gasteiger partial charge in [0.05, 0.1) is 12.4 Å². The van der Waals surface area contributed by atoms with Crippen molar-refractivity contribution < 1.29 is 9.52 Å². The Morgan fingerprint density at radius 3 is 3.00 bits per heavy atom. The van der Waals surface area contributed by atoms with E-state index in [2.05, 4.69) is 11.4 Å². The van der Waals surface area contributed by atoms with Crippen molar-refractivity contribution in [3.05, 3.63) is 36.1 Å². The molecule has 1 aromatic heterocycles. The monoisotopic (exact) mass is 231 g/mol. The number of benzene rings is 1. The Kier molecular flexibility index (Phi) is 2.87. The Morgan fingerprint density at radius 2 is 2.18 bits per heavy atom. The van der Waals surface area contributed by atoms with Crippen molar-refractivity contribution >= 4 is 11.0 Å². The fraction of sp³-hybridized carbons (Fsp3) is 0.429. The zero-order valence-corrected chi connectivity index (χ0v) is 9.73. The van der Waals surface area contributed by atoms with Crippen molar-refractivity contribution in [1.29, 1.82) is 0 Å². The van der Waals surface area contributed by atoms with E-state index < -0.39 is 0 Å². The van der Waals surface area contributed by atoms with Crippen LogP contribution in [0.1, 0.15) is 18.4 Å². The summed E-state index contributed by atoms with van der Waals surface area (Å²) in [4.78, 5) is 0. The number of aliphatic hydroxyl groups excluding tert-OH is 1. The quantitative estimate of drug-likeness (QED) is 0.830. The standard InChI is InChI=1S/C14H17NO2/c16-13(10-5-6-10)8-15-7-11-9-17-14-4-2-1-3-12(11)14/h1-4,9-10,13,15-16H,5-8H2. The zero-order chi connectivity index (χ0) is 11.7. The summed E-state index contributed by atoms with van der Waals surface area (Å²) < 4.78 is 5.46. The van der Waals surface area contributed by atoms with Gasteiger partial charge in [0.25, 0.3) is 0 Å². The summed E-state index contributed by atoms with van der Waals surface area (Å²) in [5, 5.41) is 14.2. The van der Waals surface area contributed by atoms with Gasteiger partial charge in [-0.25, -0.2) is 0 Å². The van der Waals surface area contributed by atoms with E-state index in [1.54, 1.807) is 6.26 Å². The van der Waals surface area contributed by atoms with Gasteiger partial charge in [0.2, 0.25) is 0 Å². The molecule has 2 aromatic rings. The number of fused-ring (bicyclic) bond motifs is 1. The Morgan fingerprint density at radius 1 is 1.35 bits per heavy atom. The minimum absolute atomic E-state index is 0.187. The molecule has 1 aliphatic rings. The van der Waals surface area contributed by atoms with Crippen LogP contribution in [0.25, 0.3) is 11.0 Å². The van der Waals surface area contributed by atoms with E-state index in [0.29, 0.717) is 12.5 Å². The second kappa shape index (κ2) is 4.51. The molecule has 1 aliphatic carbocycles. The van der Waals surface area contributed by atoms with Crippen LogP contribution in [-0.2, 0) is 6.54 Å². The molecule has 1 heterocycles. The molecule has 0 spiro atoms. The first kappa shape index (κ1) is 10.8. The Bertz CT molecular complexity index is 502. The maximum Gasteiger partial charge on any atom is 0.134 e. The molecule has 1 atom stereocenters. The van der Waals surface area contributed by atoms with Gasteiger partial charge in [-0.3, -0.25) is 0 Å². The largest absolute Gasteiger partial charge is 0.464 e. The summed E-state index contributed by atoms with van der Waals surface area (Å²) in [5.41, 5.74) is 2.08. The molecule has 3 rings (SSSR count). The smallest absolute Gasteiger partial charge is 0.134 e. The van der Waals surface area contributed by atoms with Gasteiger partial charge in [-0.1, -0.05) is 18.2 Å². The van der Waals surface area contributed by atoms with Gasteiger partial charge in [0.1, 0.15) is 5.58 Å². The van der Waals surface area contributed by atoms with Crippen molar-refractivity contribution in [1.82, 2.24) is 5.32 Å². The number of nitrogens with one attached hydrogen (secondary N) is 1. The Labute approximate surface area is 100 Å². The highest BCUT2D eigenvalue weighted by molar-refractivity contribution is 5.80. The first-order chi connectivity index (χ1) is 8.34. The third kappa shape index (κ3) is 2.35. The van der Waals surface area contributed by atoms with E-state index in [1.807, 2.05) is 18.2 Å². The second-order valence-electron chi connectivity index (χ2n) is 4.79. The SMILES string of the molecule is OC(CNCc1coc2ccccc12)C1CC1. The van der Waals surface area contributed by atoms with Crippen LogP contribution in [0.4, 0.5) is 0 Å². The first-order valence-electron chi connectivity index (χ1n) is 6.18. The maximum atomic E-state index is 9.74. The van der Waals surface area contributed by atoms with E-state index in [9.17, 15) is 5.11 Å². The van der Waals surface area contributed by atoms with Gasteiger partial charge in [-0.15, -0.1) is 0 Å². The van der Waals surface area contributed by atoms with Gasteiger partial charge in [-0.05, 0) is 24.8 Å². The predicted molar refractivity (Wildman–Crippen MR) is 66.7 cm³/mol. The van der Waals surface area contributed by atoms with Crippen molar-refractivity contribution in [3.63, 3.8) is 0 Å². The van der Waals surface area contributed by atoms with Crippen LogP contribution < -0.4 is 5.32 Å². The molecule has 1 unspecified atom stereocenters. The maximum absolute atomic E-state index is 9.74.